The third-order valence-electron chi connectivity index (χ3n) is 7.79. The SMILES string of the molecule is CCC(C(=O)NC1CCCCC1)N(CCc1ccccc1)C(=O)CN(c1ccc(OC)cc1)S(=O)(=O)c1ccccc1. The van der Waals surface area contributed by atoms with Gasteiger partial charge in [0.2, 0.25) is 11.8 Å². The Bertz CT molecular complexity index is 1390. The normalized spacial score (nSPS) is 14.5. The minimum atomic E-state index is -4.10. The fourth-order valence-electron chi connectivity index (χ4n) is 5.44. The molecule has 1 unspecified atom stereocenters. The van der Waals surface area contributed by atoms with Crippen LogP contribution in [-0.4, -0.2) is 57.4 Å². The van der Waals surface area contributed by atoms with E-state index in [-0.39, 0.29) is 23.4 Å². The number of sulfonamides is 1. The summed E-state index contributed by atoms with van der Waals surface area (Å²) in [5.74, 6) is -0.0586. The van der Waals surface area contributed by atoms with Crippen molar-refractivity contribution >= 4 is 27.5 Å². The lowest BCUT2D eigenvalue weighted by atomic mass is 9.95. The highest BCUT2D eigenvalue weighted by molar-refractivity contribution is 7.92. The van der Waals surface area contributed by atoms with Gasteiger partial charge in [0.05, 0.1) is 17.7 Å². The topological polar surface area (TPSA) is 96.0 Å². The summed E-state index contributed by atoms with van der Waals surface area (Å²) >= 11 is 0. The van der Waals surface area contributed by atoms with E-state index in [0.717, 1.165) is 35.6 Å². The zero-order chi connectivity index (χ0) is 30.0. The van der Waals surface area contributed by atoms with Gasteiger partial charge < -0.3 is 15.0 Å². The van der Waals surface area contributed by atoms with E-state index in [1.165, 1.54) is 25.7 Å². The van der Waals surface area contributed by atoms with Crippen LogP contribution in [0.4, 0.5) is 5.69 Å². The number of hydrogen-bond donors (Lipinski definition) is 1. The molecule has 9 heteroatoms. The van der Waals surface area contributed by atoms with E-state index >= 15 is 0 Å². The molecule has 1 fully saturated rings. The highest BCUT2D eigenvalue weighted by Crippen LogP contribution is 2.26. The van der Waals surface area contributed by atoms with Crippen molar-refractivity contribution in [2.75, 3.05) is 24.5 Å². The van der Waals surface area contributed by atoms with Crippen LogP contribution in [0.1, 0.15) is 51.0 Å². The van der Waals surface area contributed by atoms with Crippen molar-refractivity contribution in [3.63, 3.8) is 0 Å². The lowest BCUT2D eigenvalue weighted by Gasteiger charge is -2.34. The van der Waals surface area contributed by atoms with Gasteiger partial charge in [-0.05, 0) is 67.6 Å². The minimum absolute atomic E-state index is 0.0755. The summed E-state index contributed by atoms with van der Waals surface area (Å²) in [7, 11) is -2.57. The molecule has 2 amide bonds. The summed E-state index contributed by atoms with van der Waals surface area (Å²) in [5.41, 5.74) is 1.36. The molecule has 1 atom stereocenters. The van der Waals surface area contributed by atoms with Crippen LogP contribution in [-0.2, 0) is 26.0 Å². The van der Waals surface area contributed by atoms with Crippen LogP contribution in [0.15, 0.2) is 89.8 Å². The van der Waals surface area contributed by atoms with E-state index < -0.39 is 28.5 Å². The second kappa shape index (κ2) is 14.9. The molecule has 0 bridgehead atoms. The summed E-state index contributed by atoms with van der Waals surface area (Å²) < 4.78 is 34.2. The van der Waals surface area contributed by atoms with Gasteiger partial charge in [-0.1, -0.05) is 74.7 Å². The number of amides is 2. The Morgan fingerprint density at radius 1 is 0.905 bits per heavy atom. The first-order valence-electron chi connectivity index (χ1n) is 14.7. The summed E-state index contributed by atoms with van der Waals surface area (Å²) in [5, 5.41) is 3.18. The Hall–Kier alpha value is -3.85. The maximum absolute atomic E-state index is 14.2. The van der Waals surface area contributed by atoms with Gasteiger partial charge in [-0.25, -0.2) is 8.42 Å². The standard InChI is InChI=1S/C33H41N3O5S/c1-3-31(33(38)34-27-15-9-5-10-16-27)35(24-23-26-13-7-4-8-14-26)32(37)25-36(28-19-21-29(41-2)22-20-28)42(39,40)30-17-11-6-12-18-30/h4,6-8,11-14,17-22,27,31H,3,5,9-10,15-16,23-25H2,1-2H3,(H,34,38). The van der Waals surface area contributed by atoms with Crippen LogP contribution in [0, 0.1) is 0 Å². The molecule has 4 rings (SSSR count). The van der Waals surface area contributed by atoms with Crippen LogP contribution in [0.5, 0.6) is 5.75 Å². The first-order valence-corrected chi connectivity index (χ1v) is 16.1. The third kappa shape index (κ3) is 7.91. The molecule has 1 aliphatic rings. The van der Waals surface area contributed by atoms with E-state index in [9.17, 15) is 18.0 Å². The number of anilines is 1. The quantitative estimate of drug-likeness (QED) is 0.295. The van der Waals surface area contributed by atoms with E-state index in [1.54, 1.807) is 47.4 Å². The Labute approximate surface area is 249 Å². The third-order valence-corrected chi connectivity index (χ3v) is 9.58. The number of ether oxygens (including phenoxy) is 1. The largest absolute Gasteiger partial charge is 0.497 e. The number of nitrogens with zero attached hydrogens (tertiary/aromatic N) is 2. The van der Waals surface area contributed by atoms with Crippen LogP contribution < -0.4 is 14.4 Å². The average molecular weight is 592 g/mol. The maximum atomic E-state index is 14.2. The monoisotopic (exact) mass is 591 g/mol. The number of nitrogens with one attached hydrogen (secondary N) is 1. The summed E-state index contributed by atoms with van der Waals surface area (Å²) in [4.78, 5) is 29.4. The van der Waals surface area contributed by atoms with Gasteiger partial charge in [-0.3, -0.25) is 13.9 Å². The van der Waals surface area contributed by atoms with Crippen molar-refractivity contribution < 1.29 is 22.7 Å². The van der Waals surface area contributed by atoms with Crippen LogP contribution >= 0.6 is 0 Å². The molecule has 0 heterocycles. The van der Waals surface area contributed by atoms with Crippen molar-refractivity contribution in [1.82, 2.24) is 10.2 Å². The van der Waals surface area contributed by atoms with E-state index in [1.807, 2.05) is 37.3 Å². The Kier molecular flexibility index (Phi) is 11.0. The Morgan fingerprint density at radius 2 is 1.52 bits per heavy atom. The molecule has 0 aromatic heterocycles. The highest BCUT2D eigenvalue weighted by Gasteiger charge is 2.34. The molecule has 0 spiro atoms. The van der Waals surface area contributed by atoms with Crippen molar-refractivity contribution in [3.05, 3.63) is 90.5 Å². The van der Waals surface area contributed by atoms with E-state index in [2.05, 4.69) is 5.32 Å². The fourth-order valence-corrected chi connectivity index (χ4v) is 6.87. The molecule has 8 nitrogen and oxygen atoms in total. The van der Waals surface area contributed by atoms with Crippen molar-refractivity contribution in [2.24, 2.45) is 0 Å². The van der Waals surface area contributed by atoms with Gasteiger partial charge in [-0.15, -0.1) is 0 Å². The van der Waals surface area contributed by atoms with Gasteiger partial charge in [-0.2, -0.15) is 0 Å². The highest BCUT2D eigenvalue weighted by atomic mass is 32.2. The molecule has 1 saturated carbocycles. The number of methoxy groups -OCH3 is 1. The number of carbonyl (C=O) groups is 2. The Morgan fingerprint density at radius 3 is 2.12 bits per heavy atom. The summed E-state index contributed by atoms with van der Waals surface area (Å²) in [6, 6.07) is 23.8. The maximum Gasteiger partial charge on any atom is 0.264 e. The van der Waals surface area contributed by atoms with E-state index in [0.29, 0.717) is 24.3 Å². The lowest BCUT2D eigenvalue weighted by Crippen LogP contribution is -2.54. The van der Waals surface area contributed by atoms with Crippen LogP contribution in [0.2, 0.25) is 0 Å². The van der Waals surface area contributed by atoms with Gasteiger partial charge >= 0.3 is 0 Å². The second-order valence-corrected chi connectivity index (χ2v) is 12.5. The molecule has 42 heavy (non-hydrogen) atoms. The fraction of sp³-hybridized carbons (Fsp3) is 0.394. The zero-order valence-electron chi connectivity index (χ0n) is 24.4. The predicted octanol–water partition coefficient (Wildman–Crippen LogP) is 5.19. The van der Waals surface area contributed by atoms with Gasteiger partial charge in [0.25, 0.3) is 10.0 Å². The molecular weight excluding hydrogens is 550 g/mol. The van der Waals surface area contributed by atoms with Gasteiger partial charge in [0, 0.05) is 12.6 Å². The number of rotatable bonds is 13. The number of carbonyl (C=O) groups excluding carboxylic acids is 2. The summed E-state index contributed by atoms with van der Waals surface area (Å²) in [6.45, 7) is 1.71. The molecule has 0 saturated heterocycles. The summed E-state index contributed by atoms with van der Waals surface area (Å²) in [6.07, 6.45) is 6.13. The first-order chi connectivity index (χ1) is 20.3. The molecular formula is C33H41N3O5S. The predicted molar refractivity (Wildman–Crippen MR) is 165 cm³/mol. The smallest absolute Gasteiger partial charge is 0.264 e. The lowest BCUT2D eigenvalue weighted by molar-refractivity contribution is -0.140. The van der Waals surface area contributed by atoms with Gasteiger partial charge in [0.15, 0.2) is 0 Å². The molecule has 0 radical (unpaired) electrons. The van der Waals surface area contributed by atoms with Crippen molar-refractivity contribution in [3.8, 4) is 5.75 Å². The van der Waals surface area contributed by atoms with Crippen molar-refractivity contribution in [2.45, 2.75) is 68.8 Å². The zero-order valence-corrected chi connectivity index (χ0v) is 25.3. The molecule has 3 aromatic rings. The Balaban J connectivity index is 1.65. The number of hydrogen-bond acceptors (Lipinski definition) is 5. The number of benzene rings is 3. The molecule has 3 aromatic carbocycles. The van der Waals surface area contributed by atoms with Crippen molar-refractivity contribution in [1.29, 1.82) is 0 Å². The van der Waals surface area contributed by atoms with Crippen LogP contribution in [0.25, 0.3) is 0 Å². The molecule has 1 aliphatic carbocycles. The minimum Gasteiger partial charge on any atom is -0.497 e. The van der Waals surface area contributed by atoms with Crippen LogP contribution in [0.3, 0.4) is 0 Å². The van der Waals surface area contributed by atoms with Gasteiger partial charge in [0.1, 0.15) is 18.3 Å². The average Bonchev–Trinajstić information content (AvgIpc) is 3.03. The second-order valence-electron chi connectivity index (χ2n) is 10.6. The molecule has 0 aliphatic heterocycles. The van der Waals surface area contributed by atoms with E-state index in [4.69, 9.17) is 4.74 Å². The first kappa shape index (κ1) is 31.1. The molecule has 1 N–H and O–H groups in total. The molecule has 224 valence electrons.